The van der Waals surface area contributed by atoms with Crippen molar-refractivity contribution in [3.8, 4) is 46.0 Å². The normalized spacial score (nSPS) is 12.0. The summed E-state index contributed by atoms with van der Waals surface area (Å²) in [5.74, 6) is 0.726. The van der Waals surface area contributed by atoms with E-state index in [9.17, 15) is 9.90 Å². The number of rotatable bonds is 8. The molecule has 0 spiro atoms. The number of carbonyl (C=O) groups is 1. The number of ether oxygens (including phenoxy) is 7. The lowest BCUT2D eigenvalue weighted by Gasteiger charge is -2.19. The summed E-state index contributed by atoms with van der Waals surface area (Å²) in [4.78, 5) is 13.0. The van der Waals surface area contributed by atoms with Crippen LogP contribution in [-0.4, -0.2) is 53.2 Å². The molecule has 2 aromatic carbocycles. The Morgan fingerprint density at radius 1 is 0.900 bits per heavy atom. The van der Waals surface area contributed by atoms with Crippen LogP contribution in [0.3, 0.4) is 0 Å². The van der Waals surface area contributed by atoms with E-state index < -0.39 is 11.5 Å². The first-order chi connectivity index (χ1) is 14.5. The van der Waals surface area contributed by atoms with Crippen molar-refractivity contribution in [3.05, 3.63) is 29.3 Å². The Morgan fingerprint density at radius 3 is 2.13 bits per heavy atom. The van der Waals surface area contributed by atoms with Crippen LogP contribution in [0.4, 0.5) is 0 Å². The lowest BCUT2D eigenvalue weighted by atomic mass is 10.0. The quantitative estimate of drug-likeness (QED) is 0.512. The topological polar surface area (TPSA) is 102 Å². The SMILES string of the molecule is COc1cc(/C=C/C(=O)c2c(O)c(OC)c(OC)c(OC)c2OC)cc2c1OCO2. The van der Waals surface area contributed by atoms with Crippen molar-refractivity contribution in [2.24, 2.45) is 0 Å². The summed E-state index contributed by atoms with van der Waals surface area (Å²) in [6.45, 7) is 0.0916. The molecule has 0 radical (unpaired) electrons. The number of ketones is 1. The van der Waals surface area contributed by atoms with Crippen molar-refractivity contribution in [2.45, 2.75) is 0 Å². The van der Waals surface area contributed by atoms with Gasteiger partial charge in [-0.05, 0) is 23.8 Å². The second kappa shape index (κ2) is 8.73. The number of fused-ring (bicyclic) bond motifs is 1. The van der Waals surface area contributed by atoms with Crippen molar-refractivity contribution in [1.29, 1.82) is 0 Å². The van der Waals surface area contributed by atoms with Gasteiger partial charge in [0.05, 0.1) is 35.5 Å². The van der Waals surface area contributed by atoms with Crippen molar-refractivity contribution in [2.75, 3.05) is 42.3 Å². The first-order valence-electron chi connectivity index (χ1n) is 8.79. The van der Waals surface area contributed by atoms with Gasteiger partial charge in [0.25, 0.3) is 0 Å². The number of benzene rings is 2. The van der Waals surface area contributed by atoms with Gasteiger partial charge in [-0.3, -0.25) is 4.79 Å². The van der Waals surface area contributed by atoms with E-state index in [0.29, 0.717) is 22.8 Å². The Balaban J connectivity index is 2.05. The summed E-state index contributed by atoms with van der Waals surface area (Å²) in [5, 5.41) is 10.7. The molecular formula is C21H22O9. The minimum absolute atomic E-state index is 0.0190. The van der Waals surface area contributed by atoms with Crippen LogP contribution in [0.25, 0.3) is 6.08 Å². The number of hydrogen-bond donors (Lipinski definition) is 1. The van der Waals surface area contributed by atoms with E-state index in [1.165, 1.54) is 41.6 Å². The number of hydrogen-bond acceptors (Lipinski definition) is 9. The fourth-order valence-corrected chi connectivity index (χ4v) is 3.13. The molecule has 1 aliphatic heterocycles. The molecular weight excluding hydrogens is 396 g/mol. The molecule has 1 N–H and O–H groups in total. The van der Waals surface area contributed by atoms with Crippen LogP contribution in [0.5, 0.6) is 46.0 Å². The van der Waals surface area contributed by atoms with E-state index >= 15 is 0 Å². The number of phenolic OH excluding ortho intramolecular Hbond substituents is 1. The maximum absolute atomic E-state index is 13.0. The average molecular weight is 418 g/mol. The molecule has 3 rings (SSSR count). The highest BCUT2D eigenvalue weighted by atomic mass is 16.7. The molecule has 1 aliphatic rings. The van der Waals surface area contributed by atoms with E-state index in [0.717, 1.165) is 0 Å². The Kier molecular flexibility index (Phi) is 6.10. The first kappa shape index (κ1) is 21.0. The van der Waals surface area contributed by atoms with Crippen LogP contribution in [0, 0.1) is 0 Å². The second-order valence-electron chi connectivity index (χ2n) is 6.01. The summed E-state index contributed by atoms with van der Waals surface area (Å²) in [5.41, 5.74) is 0.506. The summed E-state index contributed by atoms with van der Waals surface area (Å²) in [6.07, 6.45) is 2.83. The van der Waals surface area contributed by atoms with Crippen LogP contribution in [0.15, 0.2) is 18.2 Å². The highest BCUT2D eigenvalue weighted by molar-refractivity contribution is 6.12. The van der Waals surface area contributed by atoms with Crippen molar-refractivity contribution in [3.63, 3.8) is 0 Å². The van der Waals surface area contributed by atoms with Gasteiger partial charge < -0.3 is 38.3 Å². The molecule has 0 aromatic heterocycles. The largest absolute Gasteiger partial charge is 0.504 e. The zero-order valence-corrected chi connectivity index (χ0v) is 17.2. The van der Waals surface area contributed by atoms with Crippen molar-refractivity contribution in [1.82, 2.24) is 0 Å². The molecule has 9 nitrogen and oxygen atoms in total. The van der Waals surface area contributed by atoms with Crippen LogP contribution in [0.1, 0.15) is 15.9 Å². The standard InChI is InChI=1S/C21H22O9/c1-24-13-8-11(9-14-17(13)30-10-29-14)6-7-12(22)15-16(23)19(26-3)21(28-5)20(27-4)18(15)25-2/h6-9,23H,10H2,1-5H3/b7-6+. The van der Waals surface area contributed by atoms with Crippen LogP contribution in [-0.2, 0) is 0 Å². The lowest BCUT2D eigenvalue weighted by molar-refractivity contribution is 0.104. The van der Waals surface area contributed by atoms with Gasteiger partial charge in [0.15, 0.2) is 28.8 Å². The molecule has 0 unspecified atom stereocenters. The molecule has 30 heavy (non-hydrogen) atoms. The zero-order valence-electron chi connectivity index (χ0n) is 17.2. The van der Waals surface area contributed by atoms with Gasteiger partial charge in [0.1, 0.15) is 5.56 Å². The Bertz CT molecular complexity index is 995. The van der Waals surface area contributed by atoms with Gasteiger partial charge in [-0.1, -0.05) is 6.08 Å². The summed E-state index contributed by atoms with van der Waals surface area (Å²) >= 11 is 0. The third-order valence-corrected chi connectivity index (χ3v) is 4.47. The van der Waals surface area contributed by atoms with E-state index in [2.05, 4.69) is 0 Å². The number of aromatic hydroxyl groups is 1. The summed E-state index contributed by atoms with van der Waals surface area (Å²) in [6, 6.07) is 3.41. The third kappa shape index (κ3) is 3.49. The minimum atomic E-state index is -0.541. The van der Waals surface area contributed by atoms with Gasteiger partial charge in [0, 0.05) is 0 Å². The predicted molar refractivity (Wildman–Crippen MR) is 107 cm³/mol. The minimum Gasteiger partial charge on any atom is -0.504 e. The average Bonchev–Trinajstić information content (AvgIpc) is 3.24. The van der Waals surface area contributed by atoms with Gasteiger partial charge in [-0.15, -0.1) is 0 Å². The summed E-state index contributed by atoms with van der Waals surface area (Å²) < 4.78 is 37.2. The van der Waals surface area contributed by atoms with Gasteiger partial charge in [0.2, 0.25) is 29.8 Å². The van der Waals surface area contributed by atoms with Crippen LogP contribution in [0.2, 0.25) is 0 Å². The number of carbonyl (C=O) groups excluding carboxylic acids is 1. The maximum atomic E-state index is 13.0. The van der Waals surface area contributed by atoms with Gasteiger partial charge in [-0.25, -0.2) is 0 Å². The molecule has 160 valence electrons. The number of phenols is 1. The van der Waals surface area contributed by atoms with Crippen LogP contribution >= 0.6 is 0 Å². The smallest absolute Gasteiger partial charge is 0.231 e. The fourth-order valence-electron chi connectivity index (χ4n) is 3.13. The Labute approximate surface area is 173 Å². The number of methoxy groups -OCH3 is 5. The maximum Gasteiger partial charge on any atom is 0.231 e. The third-order valence-electron chi connectivity index (χ3n) is 4.47. The highest BCUT2D eigenvalue weighted by Crippen LogP contribution is 2.53. The molecule has 0 bridgehead atoms. The molecule has 0 atom stereocenters. The molecule has 0 saturated heterocycles. The molecule has 2 aromatic rings. The molecule has 0 amide bonds. The first-order valence-corrected chi connectivity index (χ1v) is 8.79. The molecule has 0 saturated carbocycles. The highest BCUT2D eigenvalue weighted by Gasteiger charge is 2.30. The monoisotopic (exact) mass is 418 g/mol. The van der Waals surface area contributed by atoms with E-state index in [-0.39, 0.29) is 35.4 Å². The van der Waals surface area contributed by atoms with Crippen LogP contribution < -0.4 is 33.2 Å². The van der Waals surface area contributed by atoms with Crippen molar-refractivity contribution >= 4 is 11.9 Å². The molecule has 0 fully saturated rings. The van der Waals surface area contributed by atoms with Crippen molar-refractivity contribution < 1.29 is 43.1 Å². The zero-order chi connectivity index (χ0) is 21.8. The summed E-state index contributed by atoms with van der Waals surface area (Å²) in [7, 11) is 6.97. The Hall–Kier alpha value is -3.75. The predicted octanol–water partition coefficient (Wildman–Crippen LogP) is 3.06. The van der Waals surface area contributed by atoms with E-state index in [4.69, 9.17) is 33.2 Å². The molecule has 9 heteroatoms. The second-order valence-corrected chi connectivity index (χ2v) is 6.01. The Morgan fingerprint density at radius 2 is 1.53 bits per heavy atom. The molecule has 0 aliphatic carbocycles. The fraction of sp³-hybridized carbons (Fsp3) is 0.286. The van der Waals surface area contributed by atoms with Gasteiger partial charge in [-0.2, -0.15) is 0 Å². The van der Waals surface area contributed by atoms with E-state index in [1.807, 2.05) is 0 Å². The van der Waals surface area contributed by atoms with E-state index in [1.54, 1.807) is 18.2 Å². The molecule has 1 heterocycles. The van der Waals surface area contributed by atoms with Gasteiger partial charge >= 0.3 is 0 Å². The number of allylic oxidation sites excluding steroid dienone is 1. The lowest BCUT2D eigenvalue weighted by Crippen LogP contribution is -2.06.